The van der Waals surface area contributed by atoms with E-state index in [1.54, 1.807) is 29.2 Å². The molecule has 6 nitrogen and oxygen atoms in total. The first-order valence-corrected chi connectivity index (χ1v) is 9.04. The van der Waals surface area contributed by atoms with Gasteiger partial charge < -0.3 is 4.90 Å². The van der Waals surface area contributed by atoms with E-state index in [9.17, 15) is 13.2 Å². The van der Waals surface area contributed by atoms with Crippen molar-refractivity contribution in [1.29, 1.82) is 0 Å². The fourth-order valence-corrected chi connectivity index (χ4v) is 3.16. The molecule has 2 N–H and O–H groups in total. The Hall–Kier alpha value is -1.44. The SMILES string of the molecule is CCCNS(=O)(=O)NC(C(=O)N(CC)CC)c1ccccc1. The Kier molecular flexibility index (Phi) is 7.50. The first kappa shape index (κ1) is 18.6. The number of carbonyl (C=O) groups excluding carboxylic acids is 1. The third-order valence-electron chi connectivity index (χ3n) is 3.27. The number of hydrogen-bond acceptors (Lipinski definition) is 3. The van der Waals surface area contributed by atoms with Gasteiger partial charge in [0.05, 0.1) is 0 Å². The molecule has 1 unspecified atom stereocenters. The van der Waals surface area contributed by atoms with Crippen molar-refractivity contribution in [2.75, 3.05) is 19.6 Å². The average molecular weight is 327 g/mol. The summed E-state index contributed by atoms with van der Waals surface area (Å²) in [6.07, 6.45) is 0.681. The number of rotatable bonds is 9. The predicted octanol–water partition coefficient (Wildman–Crippen LogP) is 1.43. The van der Waals surface area contributed by atoms with Gasteiger partial charge in [0.1, 0.15) is 6.04 Å². The molecule has 1 atom stereocenters. The Morgan fingerprint density at radius 1 is 1.14 bits per heavy atom. The molecule has 0 heterocycles. The maximum atomic E-state index is 12.6. The molecule has 0 radical (unpaired) electrons. The Bertz CT molecular complexity index is 557. The average Bonchev–Trinajstić information content (AvgIpc) is 2.52. The fourth-order valence-electron chi connectivity index (χ4n) is 2.06. The molecule has 0 aliphatic rings. The van der Waals surface area contributed by atoms with Crippen LogP contribution in [0.25, 0.3) is 0 Å². The highest BCUT2D eigenvalue weighted by Crippen LogP contribution is 2.16. The molecular weight excluding hydrogens is 302 g/mol. The number of carbonyl (C=O) groups is 1. The minimum Gasteiger partial charge on any atom is -0.342 e. The number of likely N-dealkylation sites (N-methyl/N-ethyl adjacent to an activating group) is 1. The Morgan fingerprint density at radius 3 is 2.23 bits per heavy atom. The molecule has 0 saturated heterocycles. The number of amides is 1. The van der Waals surface area contributed by atoms with Crippen LogP contribution in [-0.4, -0.2) is 38.9 Å². The van der Waals surface area contributed by atoms with Crippen molar-refractivity contribution in [2.45, 2.75) is 33.2 Å². The lowest BCUT2D eigenvalue weighted by molar-refractivity contribution is -0.132. The lowest BCUT2D eigenvalue weighted by atomic mass is 10.1. The van der Waals surface area contributed by atoms with Gasteiger partial charge in [-0.1, -0.05) is 37.3 Å². The summed E-state index contributed by atoms with van der Waals surface area (Å²) in [7, 11) is -3.73. The van der Waals surface area contributed by atoms with Crippen LogP contribution in [-0.2, 0) is 15.0 Å². The van der Waals surface area contributed by atoms with Gasteiger partial charge in [0.15, 0.2) is 0 Å². The van der Waals surface area contributed by atoms with E-state index in [-0.39, 0.29) is 5.91 Å². The lowest BCUT2D eigenvalue weighted by Crippen LogP contribution is -2.46. The summed E-state index contributed by atoms with van der Waals surface area (Å²) < 4.78 is 29.1. The van der Waals surface area contributed by atoms with Crippen LogP contribution >= 0.6 is 0 Å². The molecule has 0 aliphatic heterocycles. The van der Waals surface area contributed by atoms with Crippen molar-refractivity contribution in [1.82, 2.24) is 14.3 Å². The predicted molar refractivity (Wildman–Crippen MR) is 87.5 cm³/mol. The number of nitrogens with one attached hydrogen (secondary N) is 2. The summed E-state index contributed by atoms with van der Waals surface area (Å²) in [5, 5.41) is 0. The second-order valence-corrected chi connectivity index (χ2v) is 6.40. The quantitative estimate of drug-likeness (QED) is 0.720. The van der Waals surface area contributed by atoms with Crippen molar-refractivity contribution in [3.63, 3.8) is 0 Å². The zero-order chi connectivity index (χ0) is 16.6. The van der Waals surface area contributed by atoms with Crippen LogP contribution in [0, 0.1) is 0 Å². The van der Waals surface area contributed by atoms with Gasteiger partial charge in [-0.25, -0.2) is 4.72 Å². The van der Waals surface area contributed by atoms with Crippen LogP contribution in [0.1, 0.15) is 38.8 Å². The second-order valence-electron chi connectivity index (χ2n) is 4.87. The van der Waals surface area contributed by atoms with Gasteiger partial charge in [0.2, 0.25) is 5.91 Å². The normalized spacial score (nSPS) is 12.9. The number of nitrogens with zero attached hydrogens (tertiary/aromatic N) is 1. The van der Waals surface area contributed by atoms with Crippen molar-refractivity contribution in [3.8, 4) is 0 Å². The van der Waals surface area contributed by atoms with Gasteiger partial charge in [-0.15, -0.1) is 0 Å². The van der Waals surface area contributed by atoms with Crippen LogP contribution in [0.15, 0.2) is 30.3 Å². The maximum Gasteiger partial charge on any atom is 0.277 e. The van der Waals surface area contributed by atoms with Gasteiger partial charge >= 0.3 is 0 Å². The van der Waals surface area contributed by atoms with Crippen molar-refractivity contribution < 1.29 is 13.2 Å². The highest BCUT2D eigenvalue weighted by Gasteiger charge is 2.28. The topological polar surface area (TPSA) is 78.5 Å². The van der Waals surface area contributed by atoms with E-state index in [0.29, 0.717) is 31.6 Å². The van der Waals surface area contributed by atoms with E-state index in [4.69, 9.17) is 0 Å². The summed E-state index contributed by atoms with van der Waals surface area (Å²) in [4.78, 5) is 14.2. The molecular formula is C15H25N3O3S. The molecule has 0 spiro atoms. The summed E-state index contributed by atoms with van der Waals surface area (Å²) in [6.45, 7) is 7.00. The summed E-state index contributed by atoms with van der Waals surface area (Å²) >= 11 is 0. The van der Waals surface area contributed by atoms with E-state index in [0.717, 1.165) is 0 Å². The second kappa shape index (κ2) is 8.87. The van der Waals surface area contributed by atoms with Gasteiger partial charge in [-0.3, -0.25) is 4.79 Å². The maximum absolute atomic E-state index is 12.6. The molecule has 22 heavy (non-hydrogen) atoms. The van der Waals surface area contributed by atoms with E-state index in [2.05, 4.69) is 9.44 Å². The number of benzene rings is 1. The van der Waals surface area contributed by atoms with Crippen LogP contribution in [0.5, 0.6) is 0 Å². The van der Waals surface area contributed by atoms with Crippen molar-refractivity contribution in [2.24, 2.45) is 0 Å². The van der Waals surface area contributed by atoms with Gasteiger partial charge in [-0.05, 0) is 25.8 Å². The highest BCUT2D eigenvalue weighted by atomic mass is 32.2. The molecule has 0 aliphatic carbocycles. The molecule has 0 fully saturated rings. The van der Waals surface area contributed by atoms with Gasteiger partial charge in [-0.2, -0.15) is 13.1 Å². The third kappa shape index (κ3) is 5.40. The monoisotopic (exact) mass is 327 g/mol. The van der Waals surface area contributed by atoms with E-state index in [1.807, 2.05) is 26.8 Å². The van der Waals surface area contributed by atoms with E-state index < -0.39 is 16.3 Å². The van der Waals surface area contributed by atoms with Crippen LogP contribution in [0.2, 0.25) is 0 Å². The first-order valence-electron chi connectivity index (χ1n) is 7.55. The molecule has 124 valence electrons. The first-order chi connectivity index (χ1) is 10.4. The molecule has 0 bridgehead atoms. The number of hydrogen-bond donors (Lipinski definition) is 2. The van der Waals surface area contributed by atoms with E-state index >= 15 is 0 Å². The van der Waals surface area contributed by atoms with E-state index in [1.165, 1.54) is 0 Å². The summed E-state index contributed by atoms with van der Waals surface area (Å²) in [5.74, 6) is -0.252. The minimum absolute atomic E-state index is 0.252. The Labute approximate surface area is 133 Å². The molecule has 0 aromatic heterocycles. The fraction of sp³-hybridized carbons (Fsp3) is 0.533. The minimum atomic E-state index is -3.73. The molecule has 1 aromatic rings. The standard InChI is InChI=1S/C15H25N3O3S/c1-4-12-16-22(20,21)17-14(13-10-8-7-9-11-13)15(19)18(5-2)6-3/h7-11,14,16-17H,4-6,12H2,1-3H3. The smallest absolute Gasteiger partial charge is 0.277 e. The largest absolute Gasteiger partial charge is 0.342 e. The summed E-state index contributed by atoms with van der Waals surface area (Å²) in [5.41, 5.74) is 0.626. The Balaban J connectivity index is 3.05. The molecule has 1 aromatic carbocycles. The highest BCUT2D eigenvalue weighted by molar-refractivity contribution is 7.87. The Morgan fingerprint density at radius 2 is 1.73 bits per heavy atom. The van der Waals surface area contributed by atoms with Crippen LogP contribution in [0.3, 0.4) is 0 Å². The molecule has 0 saturated carbocycles. The molecule has 1 rings (SSSR count). The zero-order valence-corrected chi connectivity index (χ0v) is 14.2. The molecule has 1 amide bonds. The van der Waals surface area contributed by atoms with Gasteiger partial charge in [0.25, 0.3) is 10.2 Å². The van der Waals surface area contributed by atoms with Crippen LogP contribution < -0.4 is 9.44 Å². The van der Waals surface area contributed by atoms with Gasteiger partial charge in [0, 0.05) is 19.6 Å². The molecule has 7 heteroatoms. The zero-order valence-electron chi connectivity index (χ0n) is 13.4. The third-order valence-corrected chi connectivity index (χ3v) is 4.40. The van der Waals surface area contributed by atoms with Crippen molar-refractivity contribution >= 4 is 16.1 Å². The lowest BCUT2D eigenvalue weighted by Gasteiger charge is -2.26. The van der Waals surface area contributed by atoms with Crippen molar-refractivity contribution in [3.05, 3.63) is 35.9 Å². The summed E-state index contributed by atoms with van der Waals surface area (Å²) in [6, 6.07) is 7.96. The van der Waals surface area contributed by atoms with Crippen LogP contribution in [0.4, 0.5) is 0 Å².